The molecule has 100 valence electrons. The number of furan rings is 1. The van der Waals surface area contributed by atoms with Crippen molar-refractivity contribution >= 4 is 5.91 Å². The van der Waals surface area contributed by atoms with Crippen molar-refractivity contribution in [3.8, 4) is 0 Å². The number of halogens is 3. The molecule has 0 spiro atoms. The Kier molecular flexibility index (Phi) is 3.60. The van der Waals surface area contributed by atoms with Crippen LogP contribution in [0.1, 0.15) is 12.2 Å². The Morgan fingerprint density at radius 3 is 2.89 bits per heavy atom. The number of alkyl halides is 3. The quantitative estimate of drug-likeness (QED) is 0.879. The number of nitrogens with one attached hydrogen (secondary N) is 1. The van der Waals surface area contributed by atoms with Crippen LogP contribution in [0.3, 0.4) is 0 Å². The molecule has 1 fully saturated rings. The zero-order chi connectivity index (χ0) is 13.2. The minimum atomic E-state index is -4.37. The molecule has 1 unspecified atom stereocenters. The highest BCUT2D eigenvalue weighted by Crippen LogP contribution is 2.27. The van der Waals surface area contributed by atoms with Gasteiger partial charge in [0, 0.05) is 19.5 Å². The first-order valence-corrected chi connectivity index (χ1v) is 5.56. The fourth-order valence-electron chi connectivity index (χ4n) is 1.94. The van der Waals surface area contributed by atoms with Gasteiger partial charge in [-0.2, -0.15) is 13.2 Å². The van der Waals surface area contributed by atoms with E-state index < -0.39 is 18.8 Å². The van der Waals surface area contributed by atoms with E-state index in [1.807, 2.05) is 0 Å². The maximum Gasteiger partial charge on any atom is 0.405 e. The van der Waals surface area contributed by atoms with E-state index >= 15 is 0 Å². The van der Waals surface area contributed by atoms with Crippen molar-refractivity contribution in [1.29, 1.82) is 0 Å². The van der Waals surface area contributed by atoms with Crippen molar-refractivity contribution in [3.05, 3.63) is 24.2 Å². The number of carbonyl (C=O) groups excluding carboxylic acids is 1. The third-order valence-corrected chi connectivity index (χ3v) is 2.88. The number of nitrogens with zero attached hydrogens (tertiary/aromatic N) is 1. The second-order valence-electron chi connectivity index (χ2n) is 4.16. The number of hydrogen-bond acceptors (Lipinski definition) is 3. The van der Waals surface area contributed by atoms with Crippen LogP contribution in [0.5, 0.6) is 0 Å². The third kappa shape index (κ3) is 3.04. The van der Waals surface area contributed by atoms with E-state index in [9.17, 15) is 18.0 Å². The summed E-state index contributed by atoms with van der Waals surface area (Å²) in [6.45, 7) is -0.300. The summed E-state index contributed by atoms with van der Waals surface area (Å²) < 4.78 is 43.8. The zero-order valence-electron chi connectivity index (χ0n) is 9.54. The highest BCUT2D eigenvalue weighted by molar-refractivity contribution is 5.76. The second-order valence-corrected chi connectivity index (χ2v) is 4.16. The maximum absolute atomic E-state index is 12.9. The van der Waals surface area contributed by atoms with Crippen LogP contribution in [0.2, 0.25) is 0 Å². The lowest BCUT2D eigenvalue weighted by Crippen LogP contribution is -2.49. The summed E-state index contributed by atoms with van der Waals surface area (Å²) in [5.74, 6) is 0.102. The molecule has 1 atom stereocenters. The summed E-state index contributed by atoms with van der Waals surface area (Å²) >= 11 is 0. The summed E-state index contributed by atoms with van der Waals surface area (Å²) in [5.41, 5.74) is 0. The molecule has 0 radical (unpaired) electrons. The van der Waals surface area contributed by atoms with Crippen molar-refractivity contribution < 1.29 is 22.4 Å². The van der Waals surface area contributed by atoms with Crippen molar-refractivity contribution in [3.63, 3.8) is 0 Å². The van der Waals surface area contributed by atoms with E-state index in [2.05, 4.69) is 5.32 Å². The Labute approximate surface area is 102 Å². The van der Waals surface area contributed by atoms with Crippen LogP contribution in [0, 0.1) is 0 Å². The summed E-state index contributed by atoms with van der Waals surface area (Å²) in [6.07, 6.45) is -2.89. The third-order valence-electron chi connectivity index (χ3n) is 2.88. The van der Waals surface area contributed by atoms with Crippen LogP contribution in [0.25, 0.3) is 0 Å². The molecular weight excluding hydrogens is 249 g/mol. The van der Waals surface area contributed by atoms with Gasteiger partial charge in [0.1, 0.15) is 11.8 Å². The van der Waals surface area contributed by atoms with Crippen LogP contribution in [-0.2, 0) is 11.3 Å². The van der Waals surface area contributed by atoms with E-state index in [4.69, 9.17) is 4.42 Å². The Bertz CT molecular complexity index is 403. The molecule has 7 heteroatoms. The molecule has 18 heavy (non-hydrogen) atoms. The number of rotatable bonds is 2. The molecule has 1 aliphatic heterocycles. The van der Waals surface area contributed by atoms with Crippen LogP contribution in [-0.4, -0.2) is 36.1 Å². The Hall–Kier alpha value is -1.50. The SMILES string of the molecule is O=C1CCN(Cc2ccco2)C(C(F)(F)F)CN1. The van der Waals surface area contributed by atoms with Gasteiger partial charge < -0.3 is 9.73 Å². The smallest absolute Gasteiger partial charge is 0.405 e. The van der Waals surface area contributed by atoms with Gasteiger partial charge in [0.05, 0.1) is 12.8 Å². The fourth-order valence-corrected chi connectivity index (χ4v) is 1.94. The van der Waals surface area contributed by atoms with Gasteiger partial charge in [0.15, 0.2) is 0 Å². The lowest BCUT2D eigenvalue weighted by Gasteiger charge is -2.29. The molecule has 4 nitrogen and oxygen atoms in total. The molecule has 0 bridgehead atoms. The molecule has 1 amide bonds. The van der Waals surface area contributed by atoms with Crippen LogP contribution in [0.15, 0.2) is 22.8 Å². The van der Waals surface area contributed by atoms with Gasteiger partial charge >= 0.3 is 6.18 Å². The van der Waals surface area contributed by atoms with Gasteiger partial charge in [-0.25, -0.2) is 0 Å². The van der Waals surface area contributed by atoms with Crippen molar-refractivity contribution in [2.75, 3.05) is 13.1 Å². The molecule has 2 heterocycles. The lowest BCUT2D eigenvalue weighted by molar-refractivity contribution is -0.182. The zero-order valence-corrected chi connectivity index (χ0v) is 9.54. The van der Waals surface area contributed by atoms with Gasteiger partial charge in [-0.05, 0) is 12.1 Å². The van der Waals surface area contributed by atoms with Gasteiger partial charge in [0.2, 0.25) is 5.91 Å². The molecule has 1 aromatic heterocycles. The highest BCUT2D eigenvalue weighted by atomic mass is 19.4. The summed E-state index contributed by atoms with van der Waals surface area (Å²) in [7, 11) is 0. The molecule has 1 aromatic rings. The van der Waals surface area contributed by atoms with Crippen LogP contribution >= 0.6 is 0 Å². The number of carbonyl (C=O) groups is 1. The molecule has 2 rings (SSSR count). The number of hydrogen-bond donors (Lipinski definition) is 1. The topological polar surface area (TPSA) is 45.5 Å². The normalized spacial score (nSPS) is 22.6. The first-order chi connectivity index (χ1) is 8.47. The largest absolute Gasteiger partial charge is 0.468 e. The molecule has 1 aliphatic rings. The van der Waals surface area contributed by atoms with E-state index in [0.717, 1.165) is 0 Å². The van der Waals surface area contributed by atoms with Gasteiger partial charge in [-0.3, -0.25) is 9.69 Å². The minimum absolute atomic E-state index is 0.0478. The molecule has 0 aromatic carbocycles. The molecule has 0 aliphatic carbocycles. The summed E-state index contributed by atoms with van der Waals surface area (Å²) in [6, 6.07) is 1.57. The van der Waals surface area contributed by atoms with E-state index in [1.54, 1.807) is 12.1 Å². The molecule has 1 N–H and O–H groups in total. The maximum atomic E-state index is 12.9. The predicted octanol–water partition coefficient (Wildman–Crippen LogP) is 1.53. The van der Waals surface area contributed by atoms with Crippen LogP contribution in [0.4, 0.5) is 13.2 Å². The minimum Gasteiger partial charge on any atom is -0.468 e. The fraction of sp³-hybridized carbons (Fsp3) is 0.545. The monoisotopic (exact) mass is 262 g/mol. The standard InChI is InChI=1S/C11H13F3N2O2/c12-11(13,14)9-6-15-10(17)3-4-16(9)7-8-2-1-5-18-8/h1-2,5,9H,3-4,6-7H2,(H,15,17). The van der Waals surface area contributed by atoms with Gasteiger partial charge in [0.25, 0.3) is 0 Å². The molecule has 0 saturated carbocycles. The lowest BCUT2D eigenvalue weighted by atomic mass is 10.2. The average molecular weight is 262 g/mol. The van der Waals surface area contributed by atoms with Gasteiger partial charge in [-0.15, -0.1) is 0 Å². The van der Waals surface area contributed by atoms with E-state index in [1.165, 1.54) is 11.2 Å². The Balaban J connectivity index is 2.14. The first-order valence-electron chi connectivity index (χ1n) is 5.56. The van der Waals surface area contributed by atoms with Crippen molar-refractivity contribution in [2.24, 2.45) is 0 Å². The van der Waals surface area contributed by atoms with Gasteiger partial charge in [-0.1, -0.05) is 0 Å². The molecular formula is C11H13F3N2O2. The second kappa shape index (κ2) is 5.01. The average Bonchev–Trinajstić information content (AvgIpc) is 2.69. The first kappa shape index (κ1) is 12.9. The van der Waals surface area contributed by atoms with Crippen molar-refractivity contribution in [1.82, 2.24) is 10.2 Å². The predicted molar refractivity (Wildman–Crippen MR) is 56.6 cm³/mol. The Morgan fingerprint density at radius 1 is 1.50 bits per heavy atom. The van der Waals surface area contributed by atoms with E-state index in [0.29, 0.717) is 5.76 Å². The number of amides is 1. The molecule has 1 saturated heterocycles. The summed E-state index contributed by atoms with van der Waals surface area (Å²) in [4.78, 5) is 12.4. The summed E-state index contributed by atoms with van der Waals surface area (Å²) in [5, 5.41) is 2.28. The van der Waals surface area contributed by atoms with Crippen molar-refractivity contribution in [2.45, 2.75) is 25.2 Å². The van der Waals surface area contributed by atoms with Crippen LogP contribution < -0.4 is 5.32 Å². The highest BCUT2D eigenvalue weighted by Gasteiger charge is 2.44. The Morgan fingerprint density at radius 2 is 2.28 bits per heavy atom. The van der Waals surface area contributed by atoms with E-state index in [-0.39, 0.29) is 25.4 Å².